The summed E-state index contributed by atoms with van der Waals surface area (Å²) in [7, 11) is -0.834. The van der Waals surface area contributed by atoms with E-state index in [1.165, 1.54) is 0 Å². The Kier molecular flexibility index (Phi) is 6.10. The van der Waals surface area contributed by atoms with Crippen molar-refractivity contribution >= 4 is 16.7 Å². The fraction of sp³-hybridized carbons (Fsp3) is 0.909. The van der Waals surface area contributed by atoms with Crippen LogP contribution in [0.25, 0.3) is 0 Å². The van der Waals surface area contributed by atoms with Crippen molar-refractivity contribution in [2.75, 3.05) is 18.1 Å². The van der Waals surface area contributed by atoms with Crippen LogP contribution in [0.2, 0.25) is 0 Å². The second-order valence-corrected chi connectivity index (χ2v) is 6.87. The highest BCUT2D eigenvalue weighted by Gasteiger charge is 2.14. The predicted molar refractivity (Wildman–Crippen MR) is 65.2 cm³/mol. The Labute approximate surface area is 95.5 Å². The minimum absolute atomic E-state index is 0.000974. The lowest BCUT2D eigenvalue weighted by atomic mass is 10.0. The molecule has 0 saturated heterocycles. The van der Waals surface area contributed by atoms with Crippen LogP contribution in [0.4, 0.5) is 0 Å². The first-order valence-electron chi connectivity index (χ1n) is 5.35. The molecule has 0 aromatic carbocycles. The molecule has 1 N–H and O–H groups in total. The predicted octanol–water partition coefficient (Wildman–Crippen LogP) is 1.55. The Hall–Kier alpha value is -0.380. The van der Waals surface area contributed by atoms with E-state index in [1.807, 2.05) is 13.8 Å². The summed E-state index contributed by atoms with van der Waals surface area (Å²) in [6.45, 7) is 10.4. The SMILES string of the molecule is CC(C)C(=O)NCCS(=O)CC(C)(C)C. The summed E-state index contributed by atoms with van der Waals surface area (Å²) >= 11 is 0. The first kappa shape index (κ1) is 14.6. The van der Waals surface area contributed by atoms with Gasteiger partial charge in [-0.3, -0.25) is 9.00 Å². The molecule has 90 valence electrons. The fourth-order valence-corrected chi connectivity index (χ4v) is 2.49. The van der Waals surface area contributed by atoms with Crippen molar-refractivity contribution < 1.29 is 9.00 Å². The first-order valence-corrected chi connectivity index (χ1v) is 6.84. The van der Waals surface area contributed by atoms with Gasteiger partial charge in [-0.25, -0.2) is 0 Å². The number of nitrogens with one attached hydrogen (secondary N) is 1. The molecule has 1 atom stereocenters. The van der Waals surface area contributed by atoms with Crippen molar-refractivity contribution in [2.45, 2.75) is 34.6 Å². The van der Waals surface area contributed by atoms with Gasteiger partial charge >= 0.3 is 0 Å². The van der Waals surface area contributed by atoms with Gasteiger partial charge in [0.2, 0.25) is 5.91 Å². The molecule has 1 unspecified atom stereocenters. The molecule has 0 bridgehead atoms. The molecule has 0 rings (SSSR count). The van der Waals surface area contributed by atoms with Crippen LogP contribution in [0, 0.1) is 11.3 Å². The van der Waals surface area contributed by atoms with E-state index in [1.54, 1.807) is 0 Å². The maximum Gasteiger partial charge on any atom is 0.222 e. The van der Waals surface area contributed by atoms with Gasteiger partial charge in [-0.05, 0) is 5.41 Å². The minimum atomic E-state index is -0.834. The van der Waals surface area contributed by atoms with Crippen molar-refractivity contribution in [2.24, 2.45) is 11.3 Å². The molecule has 0 aliphatic carbocycles. The Morgan fingerprint density at radius 1 is 1.33 bits per heavy atom. The van der Waals surface area contributed by atoms with Crippen LogP contribution in [-0.4, -0.2) is 28.2 Å². The van der Waals surface area contributed by atoms with Crippen LogP contribution in [0.1, 0.15) is 34.6 Å². The topological polar surface area (TPSA) is 46.2 Å². The lowest BCUT2D eigenvalue weighted by molar-refractivity contribution is -0.123. The average Bonchev–Trinajstić information content (AvgIpc) is 2.00. The molecule has 0 aliphatic rings. The third-order valence-corrected chi connectivity index (χ3v) is 3.59. The molecular formula is C11H23NO2S. The fourth-order valence-electron chi connectivity index (χ4n) is 1.05. The van der Waals surface area contributed by atoms with Crippen molar-refractivity contribution in [3.05, 3.63) is 0 Å². The van der Waals surface area contributed by atoms with E-state index in [0.717, 1.165) is 0 Å². The quantitative estimate of drug-likeness (QED) is 0.783. The monoisotopic (exact) mass is 233 g/mol. The van der Waals surface area contributed by atoms with E-state index in [4.69, 9.17) is 0 Å². The molecule has 0 fully saturated rings. The van der Waals surface area contributed by atoms with Gasteiger partial charge in [0.25, 0.3) is 0 Å². The second kappa shape index (κ2) is 6.26. The van der Waals surface area contributed by atoms with Gasteiger partial charge in [-0.1, -0.05) is 34.6 Å². The van der Waals surface area contributed by atoms with Gasteiger partial charge in [0.1, 0.15) is 0 Å². The molecule has 15 heavy (non-hydrogen) atoms. The third-order valence-electron chi connectivity index (χ3n) is 1.75. The molecule has 0 spiro atoms. The Morgan fingerprint density at radius 2 is 1.87 bits per heavy atom. The summed E-state index contributed by atoms with van der Waals surface area (Å²) in [4.78, 5) is 11.2. The third kappa shape index (κ3) is 8.60. The van der Waals surface area contributed by atoms with Crippen LogP contribution in [0.3, 0.4) is 0 Å². The molecule has 0 aliphatic heterocycles. The second-order valence-electron chi connectivity index (χ2n) is 5.29. The van der Waals surface area contributed by atoms with Crippen LogP contribution in [-0.2, 0) is 15.6 Å². The number of hydrogen-bond donors (Lipinski definition) is 1. The van der Waals surface area contributed by atoms with Crippen LogP contribution in [0.15, 0.2) is 0 Å². The molecule has 0 radical (unpaired) electrons. The van der Waals surface area contributed by atoms with E-state index in [-0.39, 0.29) is 17.2 Å². The summed E-state index contributed by atoms with van der Waals surface area (Å²) in [6, 6.07) is 0. The molecule has 0 aromatic heterocycles. The highest BCUT2D eigenvalue weighted by Crippen LogP contribution is 2.14. The lowest BCUT2D eigenvalue weighted by Crippen LogP contribution is -2.32. The minimum Gasteiger partial charge on any atom is -0.355 e. The van der Waals surface area contributed by atoms with E-state index in [2.05, 4.69) is 26.1 Å². The van der Waals surface area contributed by atoms with Gasteiger partial charge in [0.15, 0.2) is 0 Å². The van der Waals surface area contributed by atoms with Crippen LogP contribution < -0.4 is 5.32 Å². The zero-order chi connectivity index (χ0) is 12.1. The highest BCUT2D eigenvalue weighted by atomic mass is 32.2. The van der Waals surface area contributed by atoms with Crippen LogP contribution in [0.5, 0.6) is 0 Å². The molecule has 4 heteroatoms. The molecular weight excluding hydrogens is 210 g/mol. The molecule has 0 heterocycles. The summed E-state index contributed by atoms with van der Waals surface area (Å²) < 4.78 is 11.6. The van der Waals surface area contributed by atoms with Gasteiger partial charge in [-0.15, -0.1) is 0 Å². The Morgan fingerprint density at radius 3 is 2.27 bits per heavy atom. The van der Waals surface area contributed by atoms with Crippen LogP contribution >= 0.6 is 0 Å². The zero-order valence-corrected chi connectivity index (χ0v) is 11.2. The van der Waals surface area contributed by atoms with Gasteiger partial charge in [0, 0.05) is 34.8 Å². The van der Waals surface area contributed by atoms with E-state index >= 15 is 0 Å². The van der Waals surface area contributed by atoms with E-state index in [0.29, 0.717) is 18.1 Å². The number of rotatable bonds is 5. The average molecular weight is 233 g/mol. The van der Waals surface area contributed by atoms with E-state index in [9.17, 15) is 9.00 Å². The number of amides is 1. The number of carbonyl (C=O) groups excluding carboxylic acids is 1. The van der Waals surface area contributed by atoms with Crippen molar-refractivity contribution in [1.29, 1.82) is 0 Å². The molecule has 1 amide bonds. The first-order chi connectivity index (χ1) is 6.72. The molecule has 0 saturated carbocycles. The van der Waals surface area contributed by atoms with Gasteiger partial charge in [-0.2, -0.15) is 0 Å². The maximum absolute atomic E-state index is 11.6. The molecule has 3 nitrogen and oxygen atoms in total. The normalized spacial score (nSPS) is 14.0. The van der Waals surface area contributed by atoms with E-state index < -0.39 is 10.8 Å². The standard InChI is InChI=1S/C11H23NO2S/c1-9(2)10(13)12-6-7-15(14)8-11(3,4)5/h9H,6-8H2,1-5H3,(H,12,13). The van der Waals surface area contributed by atoms with Crippen molar-refractivity contribution in [3.8, 4) is 0 Å². The van der Waals surface area contributed by atoms with Crippen molar-refractivity contribution in [3.63, 3.8) is 0 Å². The number of carbonyl (C=O) groups is 1. The lowest BCUT2D eigenvalue weighted by Gasteiger charge is -2.17. The Balaban J connectivity index is 3.70. The zero-order valence-electron chi connectivity index (χ0n) is 10.4. The summed E-state index contributed by atoms with van der Waals surface area (Å²) in [5.74, 6) is 1.27. The summed E-state index contributed by atoms with van der Waals surface area (Å²) in [5.41, 5.74) is 0.0902. The summed E-state index contributed by atoms with van der Waals surface area (Å²) in [6.07, 6.45) is 0. The van der Waals surface area contributed by atoms with Crippen molar-refractivity contribution in [1.82, 2.24) is 5.32 Å². The highest BCUT2D eigenvalue weighted by molar-refractivity contribution is 7.85. The molecule has 0 aromatic rings. The number of hydrogen-bond acceptors (Lipinski definition) is 2. The largest absolute Gasteiger partial charge is 0.355 e. The van der Waals surface area contributed by atoms with Gasteiger partial charge in [0.05, 0.1) is 0 Å². The summed E-state index contributed by atoms with van der Waals surface area (Å²) in [5, 5.41) is 2.77. The van der Waals surface area contributed by atoms with Gasteiger partial charge < -0.3 is 5.32 Å². The maximum atomic E-state index is 11.6. The Bertz CT molecular complexity index is 231. The smallest absolute Gasteiger partial charge is 0.222 e.